The molecule has 0 amide bonds. The standard InChI is InChI=1S/C31H41NO2/c1-6-16-31(34)17-15-28-26-13-9-22-18-24(33)12-14-25(22)29(26)27(19-30(28,31)4)21-7-10-23(11-8-21)32(5)20(2)3/h7-8,10-11,18,20,24,26-28,33-34H,9,12-15,17,19H2,1-5H3/t24?,26-,27+,28-,30-,31-/m0/s1. The summed E-state index contributed by atoms with van der Waals surface area (Å²) in [5, 5.41) is 22.1. The van der Waals surface area contributed by atoms with E-state index in [4.69, 9.17) is 0 Å². The molecule has 2 saturated carbocycles. The average molecular weight is 460 g/mol. The zero-order chi connectivity index (χ0) is 24.3. The Morgan fingerprint density at radius 1 is 1.09 bits per heavy atom. The lowest BCUT2D eigenvalue weighted by atomic mass is 9.51. The van der Waals surface area contributed by atoms with Crippen LogP contribution in [0.2, 0.25) is 0 Å². The molecule has 0 saturated heterocycles. The summed E-state index contributed by atoms with van der Waals surface area (Å²) < 4.78 is 0. The molecule has 1 aromatic carbocycles. The minimum absolute atomic E-state index is 0.210. The second kappa shape index (κ2) is 8.58. The van der Waals surface area contributed by atoms with Crippen LogP contribution in [0.15, 0.2) is 47.1 Å². The highest BCUT2D eigenvalue weighted by Crippen LogP contribution is 2.66. The number of fused-ring (bicyclic) bond motifs is 4. The van der Waals surface area contributed by atoms with Gasteiger partial charge in [-0.2, -0.15) is 0 Å². The van der Waals surface area contributed by atoms with Crippen LogP contribution in [0.5, 0.6) is 0 Å². The van der Waals surface area contributed by atoms with Crippen molar-refractivity contribution in [1.82, 2.24) is 0 Å². The molecule has 3 nitrogen and oxygen atoms in total. The molecule has 0 aromatic heterocycles. The second-order valence-electron chi connectivity index (χ2n) is 11.7. The van der Waals surface area contributed by atoms with Gasteiger partial charge in [0.25, 0.3) is 0 Å². The van der Waals surface area contributed by atoms with Gasteiger partial charge in [-0.15, -0.1) is 5.92 Å². The van der Waals surface area contributed by atoms with Crippen LogP contribution in [0.4, 0.5) is 5.69 Å². The fourth-order valence-electron chi connectivity index (χ4n) is 7.73. The molecule has 3 heteroatoms. The number of benzene rings is 1. The summed E-state index contributed by atoms with van der Waals surface area (Å²) in [6, 6.07) is 9.63. The molecule has 4 aliphatic rings. The van der Waals surface area contributed by atoms with Crippen LogP contribution in [0, 0.1) is 29.1 Å². The Bertz CT molecular complexity index is 1070. The lowest BCUT2D eigenvalue weighted by Crippen LogP contribution is -2.51. The van der Waals surface area contributed by atoms with E-state index in [0.29, 0.717) is 23.8 Å². The lowest BCUT2D eigenvalue weighted by Gasteiger charge is -2.54. The van der Waals surface area contributed by atoms with E-state index in [1.807, 2.05) is 6.92 Å². The molecule has 2 N–H and O–H groups in total. The maximum Gasteiger partial charge on any atom is 0.131 e. The van der Waals surface area contributed by atoms with E-state index in [0.717, 1.165) is 44.9 Å². The van der Waals surface area contributed by atoms with Gasteiger partial charge >= 0.3 is 0 Å². The Hall–Kier alpha value is -2.02. The van der Waals surface area contributed by atoms with Crippen LogP contribution in [-0.2, 0) is 0 Å². The number of aliphatic hydroxyl groups excluding tert-OH is 1. The van der Waals surface area contributed by atoms with E-state index in [9.17, 15) is 10.2 Å². The summed E-state index contributed by atoms with van der Waals surface area (Å²) >= 11 is 0. The maximum atomic E-state index is 11.8. The van der Waals surface area contributed by atoms with Gasteiger partial charge in [-0.3, -0.25) is 0 Å². The van der Waals surface area contributed by atoms with Crippen LogP contribution in [0.3, 0.4) is 0 Å². The Kier molecular flexibility index (Phi) is 5.98. The first-order chi connectivity index (χ1) is 16.2. The van der Waals surface area contributed by atoms with Crippen LogP contribution >= 0.6 is 0 Å². The first-order valence-corrected chi connectivity index (χ1v) is 13.3. The van der Waals surface area contributed by atoms with Gasteiger partial charge in [0.1, 0.15) is 5.60 Å². The molecular formula is C31H41NO2. The van der Waals surface area contributed by atoms with E-state index in [-0.39, 0.29) is 11.5 Å². The number of rotatable bonds is 3. The molecule has 0 heterocycles. The molecular weight excluding hydrogens is 418 g/mol. The predicted molar refractivity (Wildman–Crippen MR) is 140 cm³/mol. The van der Waals surface area contributed by atoms with Crippen molar-refractivity contribution in [1.29, 1.82) is 0 Å². The molecule has 0 bridgehead atoms. The maximum absolute atomic E-state index is 11.8. The fraction of sp³-hybridized carbons (Fsp3) is 0.613. The molecule has 0 radical (unpaired) electrons. The van der Waals surface area contributed by atoms with Crippen molar-refractivity contribution in [2.24, 2.45) is 17.3 Å². The molecule has 1 aromatic rings. The summed E-state index contributed by atoms with van der Waals surface area (Å²) in [4.78, 5) is 2.31. The van der Waals surface area contributed by atoms with E-state index in [1.165, 1.54) is 22.4 Å². The molecule has 1 unspecified atom stereocenters. The summed E-state index contributed by atoms with van der Waals surface area (Å²) in [6.07, 6.45) is 8.57. The largest absolute Gasteiger partial charge is 0.389 e. The van der Waals surface area contributed by atoms with Crippen molar-refractivity contribution in [3.05, 3.63) is 52.6 Å². The normalized spacial score (nSPS) is 36.8. The van der Waals surface area contributed by atoms with Gasteiger partial charge in [0.2, 0.25) is 0 Å². The predicted octanol–water partition coefficient (Wildman–Crippen LogP) is 5.98. The topological polar surface area (TPSA) is 43.7 Å². The van der Waals surface area contributed by atoms with Gasteiger partial charge in [-0.1, -0.05) is 36.6 Å². The van der Waals surface area contributed by atoms with Crippen molar-refractivity contribution in [2.45, 2.75) is 96.3 Å². The van der Waals surface area contributed by atoms with Crippen molar-refractivity contribution in [3.63, 3.8) is 0 Å². The van der Waals surface area contributed by atoms with Gasteiger partial charge in [0.15, 0.2) is 0 Å². The average Bonchev–Trinajstić information content (AvgIpc) is 3.08. The third-order valence-corrected chi connectivity index (χ3v) is 9.82. The van der Waals surface area contributed by atoms with E-state index in [2.05, 4.69) is 74.9 Å². The molecule has 6 atom stereocenters. The highest BCUT2D eigenvalue weighted by atomic mass is 16.3. The number of nitrogens with zero attached hydrogens (tertiary/aromatic N) is 1. The number of allylic oxidation sites excluding steroid dienone is 3. The molecule has 182 valence electrons. The Labute approximate surface area is 205 Å². The van der Waals surface area contributed by atoms with Gasteiger partial charge < -0.3 is 15.1 Å². The molecule has 0 spiro atoms. The van der Waals surface area contributed by atoms with Crippen LogP contribution in [-0.4, -0.2) is 35.0 Å². The van der Waals surface area contributed by atoms with Crippen LogP contribution in [0.25, 0.3) is 0 Å². The Morgan fingerprint density at radius 3 is 2.50 bits per heavy atom. The zero-order valence-corrected chi connectivity index (χ0v) is 21.6. The molecule has 0 aliphatic heterocycles. The Morgan fingerprint density at radius 2 is 1.82 bits per heavy atom. The summed E-state index contributed by atoms with van der Waals surface area (Å²) in [6.45, 7) is 8.62. The highest BCUT2D eigenvalue weighted by Gasteiger charge is 2.62. The monoisotopic (exact) mass is 459 g/mol. The van der Waals surface area contributed by atoms with Crippen LogP contribution < -0.4 is 4.90 Å². The minimum atomic E-state index is -0.905. The number of hydrogen-bond donors (Lipinski definition) is 2. The second-order valence-corrected chi connectivity index (χ2v) is 11.7. The van der Waals surface area contributed by atoms with Crippen molar-refractivity contribution in [3.8, 4) is 11.8 Å². The first-order valence-electron chi connectivity index (χ1n) is 13.3. The third-order valence-electron chi connectivity index (χ3n) is 9.82. The molecule has 34 heavy (non-hydrogen) atoms. The van der Waals surface area contributed by atoms with Gasteiger partial charge in [-0.25, -0.2) is 0 Å². The summed E-state index contributed by atoms with van der Waals surface area (Å²) in [7, 11) is 2.15. The smallest absolute Gasteiger partial charge is 0.131 e. The SMILES string of the molecule is CC#C[C@]1(O)CC[C@H]2[C@@H]3CCC4=CC(O)CCC4=C3[C@@H](c3ccc(N(C)C(C)C)cc3)C[C@@]21C. The van der Waals surface area contributed by atoms with Crippen molar-refractivity contribution >= 4 is 5.69 Å². The summed E-state index contributed by atoms with van der Waals surface area (Å²) in [5.74, 6) is 7.59. The van der Waals surface area contributed by atoms with Crippen molar-refractivity contribution < 1.29 is 10.2 Å². The minimum Gasteiger partial charge on any atom is -0.389 e. The first kappa shape index (κ1) is 23.7. The van der Waals surface area contributed by atoms with Crippen molar-refractivity contribution in [2.75, 3.05) is 11.9 Å². The zero-order valence-electron chi connectivity index (χ0n) is 21.6. The highest BCUT2D eigenvalue weighted by molar-refractivity contribution is 5.53. The fourth-order valence-corrected chi connectivity index (χ4v) is 7.73. The van der Waals surface area contributed by atoms with Gasteiger partial charge in [-0.05, 0) is 106 Å². The van der Waals surface area contributed by atoms with Crippen LogP contribution in [0.1, 0.15) is 84.1 Å². The van der Waals surface area contributed by atoms with E-state index in [1.54, 1.807) is 5.57 Å². The molecule has 2 fully saturated rings. The summed E-state index contributed by atoms with van der Waals surface area (Å²) in [5.41, 5.74) is 6.01. The lowest BCUT2D eigenvalue weighted by molar-refractivity contribution is -0.0514. The number of aliphatic hydroxyl groups is 2. The van der Waals surface area contributed by atoms with Gasteiger partial charge in [0.05, 0.1) is 6.10 Å². The number of hydrogen-bond acceptors (Lipinski definition) is 3. The third kappa shape index (κ3) is 3.57. The Balaban J connectivity index is 1.63. The van der Waals surface area contributed by atoms with E-state index < -0.39 is 5.60 Å². The van der Waals surface area contributed by atoms with Gasteiger partial charge in [0, 0.05) is 30.1 Å². The van der Waals surface area contributed by atoms with E-state index >= 15 is 0 Å². The quantitative estimate of drug-likeness (QED) is 0.547. The number of anilines is 1. The molecule has 4 aliphatic carbocycles. The molecule has 5 rings (SSSR count).